The summed E-state index contributed by atoms with van der Waals surface area (Å²) < 4.78 is 5.75. The van der Waals surface area contributed by atoms with E-state index < -0.39 is 0 Å². The smallest absolute Gasteiger partial charge is 0.271 e. The van der Waals surface area contributed by atoms with E-state index in [1.54, 1.807) is 48.5 Å². The number of benzene rings is 3. The van der Waals surface area contributed by atoms with Crippen LogP contribution in [0.1, 0.15) is 34.0 Å². The average Bonchev–Trinajstić information content (AvgIpc) is 2.74. The first-order valence-electron chi connectivity index (χ1n) is 9.49. The van der Waals surface area contributed by atoms with Crippen LogP contribution in [0.3, 0.4) is 0 Å². The zero-order valence-electron chi connectivity index (χ0n) is 16.9. The number of carbonyl (C=O) groups is 2. The summed E-state index contributed by atoms with van der Waals surface area (Å²) in [7, 11) is 0. The van der Waals surface area contributed by atoms with Crippen molar-refractivity contribution in [2.45, 2.75) is 20.5 Å². The van der Waals surface area contributed by atoms with Gasteiger partial charge in [-0.15, -0.1) is 0 Å². The molecule has 0 saturated heterocycles. The summed E-state index contributed by atoms with van der Waals surface area (Å²) in [6.45, 7) is 3.97. The SMILES string of the molecule is CC(=O)Nc1ccc(/C=N\NC(=O)c2ccc(OCc3ccc(C)cc3)cc2)cc1. The molecule has 0 spiro atoms. The molecule has 3 rings (SSSR count). The number of carbonyl (C=O) groups excluding carboxylic acids is 2. The van der Waals surface area contributed by atoms with Gasteiger partial charge < -0.3 is 10.1 Å². The minimum Gasteiger partial charge on any atom is -0.489 e. The van der Waals surface area contributed by atoms with Crippen molar-refractivity contribution in [2.75, 3.05) is 5.32 Å². The van der Waals surface area contributed by atoms with Crippen molar-refractivity contribution in [1.29, 1.82) is 0 Å². The Hall–Kier alpha value is -3.93. The second-order valence-electron chi connectivity index (χ2n) is 6.80. The summed E-state index contributed by atoms with van der Waals surface area (Å²) in [6.07, 6.45) is 1.54. The molecule has 0 heterocycles. The highest BCUT2D eigenvalue weighted by molar-refractivity contribution is 5.95. The van der Waals surface area contributed by atoms with Crippen molar-refractivity contribution >= 4 is 23.7 Å². The number of hydrogen-bond donors (Lipinski definition) is 2. The highest BCUT2D eigenvalue weighted by atomic mass is 16.5. The number of aryl methyl sites for hydroxylation is 1. The van der Waals surface area contributed by atoms with Crippen molar-refractivity contribution in [1.82, 2.24) is 5.43 Å². The van der Waals surface area contributed by atoms with E-state index in [-0.39, 0.29) is 11.8 Å². The predicted molar refractivity (Wildman–Crippen MR) is 118 cm³/mol. The molecule has 2 amide bonds. The van der Waals surface area contributed by atoms with Crippen molar-refractivity contribution in [3.63, 3.8) is 0 Å². The number of ether oxygens (including phenoxy) is 1. The third-order valence-corrected chi connectivity index (χ3v) is 4.25. The largest absolute Gasteiger partial charge is 0.489 e. The molecule has 0 aliphatic heterocycles. The fourth-order valence-electron chi connectivity index (χ4n) is 2.64. The second kappa shape index (κ2) is 10.0. The number of rotatable bonds is 7. The van der Waals surface area contributed by atoms with Gasteiger partial charge in [0.15, 0.2) is 0 Å². The van der Waals surface area contributed by atoms with E-state index in [0.29, 0.717) is 23.6 Å². The molecule has 0 atom stereocenters. The van der Waals surface area contributed by atoms with E-state index in [0.717, 1.165) is 11.1 Å². The maximum atomic E-state index is 12.2. The number of hydrazone groups is 1. The van der Waals surface area contributed by atoms with Crippen molar-refractivity contribution in [3.05, 3.63) is 95.1 Å². The summed E-state index contributed by atoms with van der Waals surface area (Å²) >= 11 is 0. The molecule has 0 aromatic heterocycles. The molecule has 2 N–H and O–H groups in total. The van der Waals surface area contributed by atoms with Gasteiger partial charge in [0.1, 0.15) is 12.4 Å². The lowest BCUT2D eigenvalue weighted by Gasteiger charge is -2.07. The molecule has 3 aromatic carbocycles. The highest BCUT2D eigenvalue weighted by Crippen LogP contribution is 2.15. The van der Waals surface area contributed by atoms with Crippen molar-refractivity contribution in [3.8, 4) is 5.75 Å². The van der Waals surface area contributed by atoms with Gasteiger partial charge in [-0.25, -0.2) is 5.43 Å². The van der Waals surface area contributed by atoms with Crippen LogP contribution in [0.2, 0.25) is 0 Å². The maximum Gasteiger partial charge on any atom is 0.271 e. The first-order chi connectivity index (χ1) is 14.5. The lowest BCUT2D eigenvalue weighted by molar-refractivity contribution is -0.114. The lowest BCUT2D eigenvalue weighted by atomic mass is 10.2. The summed E-state index contributed by atoms with van der Waals surface area (Å²) in [5, 5.41) is 6.66. The molecule has 0 radical (unpaired) electrons. The molecule has 0 fully saturated rings. The molecule has 152 valence electrons. The molecule has 6 nitrogen and oxygen atoms in total. The molecule has 0 aliphatic rings. The summed E-state index contributed by atoms with van der Waals surface area (Å²) in [6, 6.07) is 22.2. The first kappa shape index (κ1) is 20.8. The molecule has 3 aromatic rings. The summed E-state index contributed by atoms with van der Waals surface area (Å²) in [5.74, 6) is 0.247. The summed E-state index contributed by atoms with van der Waals surface area (Å²) in [4.78, 5) is 23.2. The van der Waals surface area contributed by atoms with Crippen LogP contribution in [0, 0.1) is 6.92 Å². The van der Waals surface area contributed by atoms with E-state index in [1.165, 1.54) is 18.7 Å². The van der Waals surface area contributed by atoms with Crippen LogP contribution in [-0.4, -0.2) is 18.0 Å². The van der Waals surface area contributed by atoms with Gasteiger partial charge in [-0.3, -0.25) is 9.59 Å². The quantitative estimate of drug-likeness (QED) is 0.458. The second-order valence-corrected chi connectivity index (χ2v) is 6.80. The number of nitrogens with one attached hydrogen (secondary N) is 2. The van der Waals surface area contributed by atoms with E-state index >= 15 is 0 Å². The van der Waals surface area contributed by atoms with Crippen molar-refractivity contribution < 1.29 is 14.3 Å². The monoisotopic (exact) mass is 401 g/mol. The summed E-state index contributed by atoms with van der Waals surface area (Å²) in [5.41, 5.74) is 6.77. The highest BCUT2D eigenvalue weighted by Gasteiger charge is 2.05. The van der Waals surface area contributed by atoms with Gasteiger partial charge in [-0.1, -0.05) is 42.0 Å². The van der Waals surface area contributed by atoms with Gasteiger partial charge in [-0.05, 0) is 54.4 Å². The molecule has 0 saturated carbocycles. The van der Waals surface area contributed by atoms with Crippen molar-refractivity contribution in [2.24, 2.45) is 5.10 Å². The normalized spacial score (nSPS) is 10.6. The van der Waals surface area contributed by atoms with E-state index in [1.807, 2.05) is 31.2 Å². The van der Waals surface area contributed by atoms with Gasteiger partial charge in [0.25, 0.3) is 5.91 Å². The topological polar surface area (TPSA) is 79.8 Å². The predicted octanol–water partition coefficient (Wildman–Crippen LogP) is 4.30. The van der Waals surface area contributed by atoms with Gasteiger partial charge >= 0.3 is 0 Å². The van der Waals surface area contributed by atoms with Gasteiger partial charge in [0.05, 0.1) is 6.21 Å². The fourth-order valence-corrected chi connectivity index (χ4v) is 2.64. The number of anilines is 1. The number of amides is 2. The van der Waals surface area contributed by atoms with E-state index in [2.05, 4.69) is 15.8 Å². The Morgan fingerprint density at radius 1 is 0.933 bits per heavy atom. The Morgan fingerprint density at radius 3 is 2.23 bits per heavy atom. The zero-order valence-corrected chi connectivity index (χ0v) is 16.9. The van der Waals surface area contributed by atoms with E-state index in [4.69, 9.17) is 4.74 Å². The average molecular weight is 401 g/mol. The van der Waals surface area contributed by atoms with Crippen LogP contribution >= 0.6 is 0 Å². The third-order valence-electron chi connectivity index (χ3n) is 4.25. The van der Waals surface area contributed by atoms with Crippen LogP contribution in [0.15, 0.2) is 77.9 Å². The number of hydrogen-bond acceptors (Lipinski definition) is 4. The van der Waals surface area contributed by atoms with E-state index in [9.17, 15) is 9.59 Å². The van der Waals surface area contributed by atoms with Crippen LogP contribution in [0.5, 0.6) is 5.75 Å². The zero-order chi connectivity index (χ0) is 21.3. The Morgan fingerprint density at radius 2 is 1.60 bits per heavy atom. The molecular weight excluding hydrogens is 378 g/mol. The van der Waals surface area contributed by atoms with Crippen LogP contribution in [0.25, 0.3) is 0 Å². The van der Waals surface area contributed by atoms with Gasteiger partial charge in [0.2, 0.25) is 5.91 Å². The fraction of sp³-hybridized carbons (Fsp3) is 0.125. The Labute approximate surface area is 175 Å². The molecular formula is C24H23N3O3. The minimum atomic E-state index is -0.314. The Balaban J connectivity index is 1.49. The molecule has 0 bridgehead atoms. The maximum absolute atomic E-state index is 12.2. The standard InChI is InChI=1S/C24H23N3O3/c1-17-3-5-20(6-4-17)16-30-23-13-9-21(10-14-23)24(29)27-25-15-19-7-11-22(12-8-19)26-18(2)28/h3-15H,16H2,1-2H3,(H,26,28)(H,27,29)/b25-15-. The molecule has 0 unspecified atom stereocenters. The molecule has 6 heteroatoms. The van der Waals surface area contributed by atoms with Crippen LogP contribution in [-0.2, 0) is 11.4 Å². The first-order valence-corrected chi connectivity index (χ1v) is 9.49. The Kier molecular flexibility index (Phi) is 6.95. The molecule has 30 heavy (non-hydrogen) atoms. The minimum absolute atomic E-state index is 0.129. The Bertz CT molecular complexity index is 1020. The molecule has 0 aliphatic carbocycles. The number of nitrogens with zero attached hydrogens (tertiary/aromatic N) is 1. The van der Waals surface area contributed by atoms with Gasteiger partial charge in [0, 0.05) is 18.2 Å². The lowest BCUT2D eigenvalue weighted by Crippen LogP contribution is -2.17. The third kappa shape index (κ3) is 6.31. The van der Waals surface area contributed by atoms with Crippen LogP contribution in [0.4, 0.5) is 5.69 Å². The van der Waals surface area contributed by atoms with Crippen LogP contribution < -0.4 is 15.5 Å². The van der Waals surface area contributed by atoms with Gasteiger partial charge in [-0.2, -0.15) is 5.10 Å².